The van der Waals surface area contributed by atoms with Crippen LogP contribution in [0.3, 0.4) is 0 Å². The highest BCUT2D eigenvalue weighted by Crippen LogP contribution is 2.75. The molecule has 6 aliphatic rings. The van der Waals surface area contributed by atoms with Crippen LogP contribution in [0.25, 0.3) is 21.3 Å². The Kier molecular flexibility index (Phi) is 22.4. The number of imide groups is 2. The number of nitrogens with zero attached hydrogens (tertiary/aromatic N) is 8. The molecule has 2 unspecified atom stereocenters. The van der Waals surface area contributed by atoms with Crippen LogP contribution in [0.1, 0.15) is 161 Å². The second-order valence-corrected chi connectivity index (χ2v) is 32.4. The number of carbonyl (C=O) groups excluding carboxylic acids is 8. The number of hydrogen-bond donors (Lipinski definition) is 7. The largest absolute Gasteiger partial charge is 0.476 e. The number of benzene rings is 3. The van der Waals surface area contributed by atoms with Gasteiger partial charge in [0.25, 0.3) is 33.7 Å². The van der Waals surface area contributed by atoms with Gasteiger partial charge in [-0.05, 0) is 184 Å². The summed E-state index contributed by atoms with van der Waals surface area (Å²) in [6.07, 6.45) is 12.7. The number of primary amides is 1. The number of pyridine rings is 1. The van der Waals surface area contributed by atoms with E-state index < -0.39 is 69.7 Å². The zero-order chi connectivity index (χ0) is 73.8. The number of unbranched alkanes of at least 4 members (excludes halogenated alkanes) is 2. The molecule has 3 aromatic heterocycles. The second kappa shape index (κ2) is 30.9. The number of nitrogens with one attached hydrogen (secondary N) is 3. The number of carboxylic acids is 1. The third-order valence-electron chi connectivity index (χ3n) is 20.9. The Morgan fingerprint density at radius 1 is 0.806 bits per heavy atom. The smallest absolute Gasteiger partial charge is 0.410 e. The van der Waals surface area contributed by atoms with Crippen molar-refractivity contribution in [3.05, 3.63) is 131 Å². The number of nitrogens with two attached hydrogens (primary N) is 2. The molecule has 2 aliphatic heterocycles. The Morgan fingerprint density at radius 3 is 2.20 bits per heavy atom. The van der Waals surface area contributed by atoms with E-state index in [4.69, 9.17) is 26.3 Å². The fourth-order valence-corrected chi connectivity index (χ4v) is 18.9. The standard InChI is InChI=1S/C74H91N13O14S2/c1-46(2)62(81-59(88)19-7-6-10-32-85-60(89)26-27-61(85)90)65(92)78-56(17-12-30-75)66(93)87(68(76)96)50-22-20-48(21-23-50)38-101-70(97)83(34-35-103(98,99)100)31-13-29-73-40-71(4)39-72(5,41-73)43-74(42-71,44-73)45-86-47(3)53(36-77-86)51-24-25-58(80-63(51)67(94)95)84-33-28-49-14-11-15-52(54(49)37-84)64(91)82-69-79-55-16-8-9-18-57(55)102-69/h8-9,11,14-16,18,20-27,36,46,56,62H,6-7,10,12-13,17,19,28-35,37-45,75H2,1-5H3,(H2,76,96)(H,78,92)(H,81,88)(H,94,95)(H,79,82,91)(H,98,99,100)/t56-,62-,71?,72?,73?,74?/m0/s1. The van der Waals surface area contributed by atoms with Gasteiger partial charge in [0.05, 0.1) is 27.9 Å². The lowest BCUT2D eigenvalue weighted by atomic mass is 9.35. The minimum absolute atomic E-state index is 0.00873. The highest BCUT2D eigenvalue weighted by atomic mass is 32.2. The van der Waals surface area contributed by atoms with Gasteiger partial charge < -0.3 is 41.7 Å². The SMILES string of the molecule is Cc1c(-c2ccc(N3CCc4cccc(C(=O)Nc5nc6ccccc6s5)c4C3)nc2C(=O)O)cnn1CC12CC3(C)CC(C)(CC(CCCN(CCS(=O)(=O)O)C(=O)OCc4ccc(N(C(N)=O)C(=O)[C@H](CCCN)NC(=O)[C@@H](NC(=O)CCCCCN5C(=O)C=CC5=O)C(C)C)cc4)(C3)C1)C2. The van der Waals surface area contributed by atoms with E-state index in [9.17, 15) is 61.2 Å². The summed E-state index contributed by atoms with van der Waals surface area (Å²) in [6.45, 7) is 11.5. The van der Waals surface area contributed by atoms with E-state index in [2.05, 4.69) is 34.8 Å². The third-order valence-corrected chi connectivity index (χ3v) is 22.6. The maximum absolute atomic E-state index is 14.2. The number of aromatic nitrogens is 4. The molecule has 4 aliphatic carbocycles. The predicted octanol–water partition coefficient (Wildman–Crippen LogP) is 9.31. The van der Waals surface area contributed by atoms with Crippen LogP contribution in [-0.2, 0) is 64.9 Å². The van der Waals surface area contributed by atoms with Crippen molar-refractivity contribution >= 4 is 102 Å². The molecule has 12 rings (SSSR count). The van der Waals surface area contributed by atoms with Crippen molar-refractivity contribution in [3.63, 3.8) is 0 Å². The quantitative estimate of drug-likeness (QED) is 0.0121. The van der Waals surface area contributed by atoms with Gasteiger partial charge in [0.1, 0.15) is 24.5 Å². The summed E-state index contributed by atoms with van der Waals surface area (Å²) in [4.78, 5) is 133. The van der Waals surface area contributed by atoms with Crippen LogP contribution in [0.15, 0.2) is 97.2 Å². The van der Waals surface area contributed by atoms with Crippen molar-refractivity contribution < 1.29 is 66.0 Å². The van der Waals surface area contributed by atoms with E-state index in [-0.39, 0.29) is 103 Å². The lowest BCUT2D eigenvalue weighted by molar-refractivity contribution is -0.198. The summed E-state index contributed by atoms with van der Waals surface area (Å²) >= 11 is 1.40. The topological polar surface area (TPSA) is 382 Å². The first-order valence-corrected chi connectivity index (χ1v) is 37.6. The van der Waals surface area contributed by atoms with Gasteiger partial charge in [-0.3, -0.25) is 48.2 Å². The maximum atomic E-state index is 14.2. The summed E-state index contributed by atoms with van der Waals surface area (Å²) in [6, 6.07) is 19.3. The van der Waals surface area contributed by atoms with Crippen LogP contribution in [0.4, 0.5) is 26.2 Å². The molecule has 0 radical (unpaired) electrons. The number of aromatic carboxylic acids is 1. The number of anilines is 3. The van der Waals surface area contributed by atoms with Crippen LogP contribution < -0.4 is 37.2 Å². The second-order valence-electron chi connectivity index (χ2n) is 29.8. The lowest BCUT2D eigenvalue weighted by Gasteiger charge is -2.70. The van der Waals surface area contributed by atoms with Crippen molar-refractivity contribution in [1.82, 2.24) is 40.2 Å². The third kappa shape index (κ3) is 17.4. The molecule has 103 heavy (non-hydrogen) atoms. The van der Waals surface area contributed by atoms with Crippen LogP contribution >= 0.6 is 11.3 Å². The number of rotatable bonds is 31. The summed E-state index contributed by atoms with van der Waals surface area (Å²) in [5, 5.41) is 24.7. The molecule has 4 atom stereocenters. The molecule has 5 heterocycles. The van der Waals surface area contributed by atoms with Crippen LogP contribution in [-0.4, -0.2) is 152 Å². The molecule has 9 N–H and O–H groups in total. The molecule has 4 saturated carbocycles. The van der Waals surface area contributed by atoms with E-state index in [1.165, 1.54) is 52.7 Å². The minimum Gasteiger partial charge on any atom is -0.476 e. The Balaban J connectivity index is 0.710. The van der Waals surface area contributed by atoms with E-state index in [0.29, 0.717) is 89.8 Å². The van der Waals surface area contributed by atoms with Gasteiger partial charge in [-0.25, -0.2) is 29.3 Å². The molecule has 9 amide bonds. The summed E-state index contributed by atoms with van der Waals surface area (Å²) in [5.41, 5.74) is 16.8. The number of carboxylic acid groups (broad SMARTS) is 1. The first-order valence-electron chi connectivity index (χ1n) is 35.2. The fraction of sp³-hybridized carbons (Fsp3) is 0.486. The zero-order valence-corrected chi connectivity index (χ0v) is 60.4. The Morgan fingerprint density at radius 2 is 1.52 bits per heavy atom. The molecule has 6 aromatic rings. The van der Waals surface area contributed by atoms with E-state index in [1.54, 1.807) is 32.2 Å². The average molecular weight is 1450 g/mol. The predicted molar refractivity (Wildman–Crippen MR) is 387 cm³/mol. The minimum atomic E-state index is -4.50. The normalized spacial score (nSPS) is 21.0. The van der Waals surface area contributed by atoms with Crippen molar-refractivity contribution in [2.45, 2.75) is 163 Å². The maximum Gasteiger partial charge on any atom is 0.410 e. The summed E-state index contributed by atoms with van der Waals surface area (Å²) in [7, 11) is -4.50. The number of thiazole rings is 1. The molecular weight excluding hydrogens is 1360 g/mol. The number of amides is 9. The van der Waals surface area contributed by atoms with E-state index >= 15 is 0 Å². The fourth-order valence-electron chi connectivity index (χ4n) is 17.6. The first kappa shape index (κ1) is 74.7. The molecule has 4 bridgehead atoms. The van der Waals surface area contributed by atoms with Crippen molar-refractivity contribution in [2.24, 2.45) is 39.0 Å². The van der Waals surface area contributed by atoms with Gasteiger partial charge in [0.15, 0.2) is 10.8 Å². The van der Waals surface area contributed by atoms with E-state index in [1.807, 2.05) is 59.0 Å². The van der Waals surface area contributed by atoms with Crippen molar-refractivity contribution in [3.8, 4) is 11.1 Å². The van der Waals surface area contributed by atoms with Crippen molar-refractivity contribution in [2.75, 3.05) is 53.6 Å². The van der Waals surface area contributed by atoms with Crippen LogP contribution in [0.2, 0.25) is 0 Å². The van der Waals surface area contributed by atoms with Gasteiger partial charge in [-0.2, -0.15) is 13.5 Å². The monoisotopic (exact) mass is 1450 g/mol. The Labute approximate surface area is 602 Å². The summed E-state index contributed by atoms with van der Waals surface area (Å²) in [5.74, 6) is -4.87. The molecule has 29 heteroatoms. The van der Waals surface area contributed by atoms with Gasteiger partial charge in [0, 0.05) is 80.2 Å². The number of ether oxygens (including phenoxy) is 1. The molecule has 4 fully saturated rings. The van der Waals surface area contributed by atoms with Crippen LogP contribution in [0.5, 0.6) is 0 Å². The number of urea groups is 1. The van der Waals surface area contributed by atoms with Gasteiger partial charge in [-0.1, -0.05) is 81.9 Å². The van der Waals surface area contributed by atoms with Crippen LogP contribution in [0, 0.1) is 34.5 Å². The number of fused-ring (bicyclic) bond motifs is 2. The van der Waals surface area contributed by atoms with Gasteiger partial charge in [-0.15, -0.1) is 0 Å². The highest BCUT2D eigenvalue weighted by molar-refractivity contribution is 7.85. The zero-order valence-electron chi connectivity index (χ0n) is 58.8. The number of hydrogen-bond acceptors (Lipinski definition) is 18. The molecule has 0 spiro atoms. The first-order chi connectivity index (χ1) is 48.9. The Hall–Kier alpha value is -9.45. The van der Waals surface area contributed by atoms with Gasteiger partial charge in [0.2, 0.25) is 11.8 Å². The molecule has 27 nitrogen and oxygen atoms in total. The van der Waals surface area contributed by atoms with E-state index in [0.717, 1.165) is 76.9 Å². The average Bonchev–Trinajstić information content (AvgIpc) is 0.874. The lowest BCUT2D eigenvalue weighted by Crippen LogP contribution is -2.60. The molecular formula is C74H91N13O14S2. The molecule has 548 valence electrons. The highest BCUT2D eigenvalue weighted by Gasteiger charge is 2.65. The number of carbonyl (C=O) groups is 9. The van der Waals surface area contributed by atoms with Crippen molar-refractivity contribution in [1.29, 1.82) is 0 Å². The van der Waals surface area contributed by atoms with Gasteiger partial charge >= 0.3 is 18.1 Å². The molecule has 3 aromatic carbocycles. The molecule has 0 saturated heterocycles. The summed E-state index contributed by atoms with van der Waals surface area (Å²) < 4.78 is 42.9. The Bertz CT molecular complexity index is 4350. The number of para-hydroxylation sites is 1.